The van der Waals surface area contributed by atoms with E-state index < -0.39 is 41.7 Å². The van der Waals surface area contributed by atoms with Gasteiger partial charge in [0.05, 0.1) is 24.6 Å². The number of fused-ring (bicyclic) bond motifs is 2. The molecule has 1 saturated heterocycles. The van der Waals surface area contributed by atoms with Crippen LogP contribution in [0.4, 0.5) is 10.1 Å². The number of anilines is 1. The fraction of sp³-hybridized carbons (Fsp3) is 0.188. The van der Waals surface area contributed by atoms with Gasteiger partial charge in [-0.3, -0.25) is 19.4 Å². The van der Waals surface area contributed by atoms with Gasteiger partial charge in [0.1, 0.15) is 18.1 Å². The molecule has 0 unspecified atom stereocenters. The topological polar surface area (TPSA) is 107 Å². The van der Waals surface area contributed by atoms with Crippen molar-refractivity contribution in [3.63, 3.8) is 0 Å². The van der Waals surface area contributed by atoms with Crippen LogP contribution in [0.1, 0.15) is 23.6 Å². The molecule has 4 aromatic rings. The number of rotatable bonds is 6. The van der Waals surface area contributed by atoms with Crippen molar-refractivity contribution in [3.8, 4) is 5.75 Å². The molecule has 43 heavy (non-hydrogen) atoms. The maximum absolute atomic E-state index is 13.9. The number of ether oxygens (including phenoxy) is 1. The van der Waals surface area contributed by atoms with E-state index in [1.807, 2.05) is 66.7 Å². The number of hydrazone groups is 1. The molecule has 0 bridgehead atoms. The minimum Gasteiger partial charge on any atom is -0.497 e. The Morgan fingerprint density at radius 2 is 1.72 bits per heavy atom. The van der Waals surface area contributed by atoms with Crippen LogP contribution in [0.5, 0.6) is 5.75 Å². The van der Waals surface area contributed by atoms with Crippen LogP contribution in [0.25, 0.3) is 10.8 Å². The van der Waals surface area contributed by atoms with Crippen LogP contribution in [0, 0.1) is 5.82 Å². The normalized spacial score (nSPS) is 21.1. The van der Waals surface area contributed by atoms with Gasteiger partial charge in [-0.05, 0) is 46.7 Å². The van der Waals surface area contributed by atoms with Crippen molar-refractivity contribution in [2.24, 2.45) is 15.4 Å². The Morgan fingerprint density at radius 1 is 0.953 bits per heavy atom. The van der Waals surface area contributed by atoms with Crippen LogP contribution in [0.3, 0.4) is 0 Å². The van der Waals surface area contributed by atoms with Gasteiger partial charge >= 0.3 is 0 Å². The molecule has 0 N–H and O–H groups in total. The van der Waals surface area contributed by atoms with Gasteiger partial charge in [0.15, 0.2) is 12.1 Å². The number of benzene rings is 4. The summed E-state index contributed by atoms with van der Waals surface area (Å²) in [4.78, 5) is 41.3. The van der Waals surface area contributed by atoms with E-state index in [4.69, 9.17) is 9.84 Å². The van der Waals surface area contributed by atoms with Gasteiger partial charge in [0.25, 0.3) is 17.7 Å². The summed E-state index contributed by atoms with van der Waals surface area (Å²) >= 11 is 0. The van der Waals surface area contributed by atoms with E-state index >= 15 is 0 Å². The van der Waals surface area contributed by atoms with Crippen molar-refractivity contribution in [1.82, 2.24) is 10.0 Å². The fourth-order valence-electron chi connectivity index (χ4n) is 5.90. The van der Waals surface area contributed by atoms with Crippen LogP contribution in [0.2, 0.25) is 0 Å². The molecule has 3 amide bonds. The summed E-state index contributed by atoms with van der Waals surface area (Å²) in [7, 11) is 1.59. The Labute approximate surface area is 245 Å². The van der Waals surface area contributed by atoms with E-state index in [-0.39, 0.29) is 12.2 Å². The van der Waals surface area contributed by atoms with Gasteiger partial charge in [-0.1, -0.05) is 65.9 Å². The van der Waals surface area contributed by atoms with E-state index in [1.165, 1.54) is 28.2 Å². The quantitative estimate of drug-likeness (QED) is 0.311. The van der Waals surface area contributed by atoms with Crippen LogP contribution >= 0.6 is 0 Å². The second-order valence-corrected chi connectivity index (χ2v) is 10.5. The molecule has 0 saturated carbocycles. The minimum absolute atomic E-state index is 0.106. The second-order valence-electron chi connectivity index (χ2n) is 10.5. The number of hydrogen-bond donors (Lipinski definition) is 0. The predicted octanol–water partition coefficient (Wildman–Crippen LogP) is 4.66. The molecule has 10 nitrogen and oxygen atoms in total. The number of halogens is 1. The van der Waals surface area contributed by atoms with Crippen LogP contribution in [0.15, 0.2) is 106 Å². The molecule has 7 rings (SSSR count). The summed E-state index contributed by atoms with van der Waals surface area (Å²) < 4.78 is 19.2. The lowest BCUT2D eigenvalue weighted by Gasteiger charge is -2.25. The van der Waals surface area contributed by atoms with E-state index in [0.29, 0.717) is 12.2 Å². The van der Waals surface area contributed by atoms with Crippen LogP contribution in [-0.2, 0) is 14.4 Å². The van der Waals surface area contributed by atoms with Gasteiger partial charge < -0.3 is 4.74 Å². The molecule has 4 aromatic carbocycles. The fourth-order valence-corrected chi connectivity index (χ4v) is 5.90. The van der Waals surface area contributed by atoms with Crippen LogP contribution in [-0.4, -0.2) is 59.2 Å². The zero-order valence-corrected chi connectivity index (χ0v) is 23.0. The highest BCUT2D eigenvalue weighted by molar-refractivity contribution is 6.25. The maximum atomic E-state index is 13.9. The number of amides is 3. The number of carbonyl (C=O) groups excluding carboxylic acids is 3. The minimum atomic E-state index is -1.12. The van der Waals surface area contributed by atoms with E-state index in [2.05, 4.69) is 10.3 Å². The molecule has 0 aliphatic carbocycles. The third-order valence-corrected chi connectivity index (χ3v) is 7.99. The summed E-state index contributed by atoms with van der Waals surface area (Å²) in [5.41, 5.74) is 2.64. The Bertz CT molecular complexity index is 1840. The SMILES string of the molecule is COc1ccc([C@@H]2CC(c3cccc4ccccc34)=NN2C(=O)CN2N=N[C@H]3C(=O)N(c4cccc(F)c4)C(=O)[C@H]32)cc1. The highest BCUT2D eigenvalue weighted by Gasteiger charge is 2.55. The molecule has 11 heteroatoms. The van der Waals surface area contributed by atoms with Crippen molar-refractivity contribution in [3.05, 3.63) is 108 Å². The van der Waals surface area contributed by atoms with Crippen LogP contribution < -0.4 is 9.64 Å². The zero-order chi connectivity index (χ0) is 29.7. The number of methoxy groups -OCH3 is 1. The Hall–Kier alpha value is -5.45. The number of hydrogen-bond acceptors (Lipinski definition) is 8. The first-order chi connectivity index (χ1) is 20.9. The first-order valence-corrected chi connectivity index (χ1v) is 13.8. The molecule has 3 aliphatic heterocycles. The molecule has 1 fully saturated rings. The van der Waals surface area contributed by atoms with E-state index in [0.717, 1.165) is 38.6 Å². The van der Waals surface area contributed by atoms with Crippen molar-refractivity contribution >= 4 is 39.9 Å². The summed E-state index contributed by atoms with van der Waals surface area (Å²) in [5.74, 6) is -1.55. The number of nitrogens with zero attached hydrogens (tertiary/aromatic N) is 6. The zero-order valence-electron chi connectivity index (χ0n) is 23.0. The molecule has 0 spiro atoms. The Morgan fingerprint density at radius 3 is 2.51 bits per heavy atom. The second kappa shape index (κ2) is 10.4. The average molecular weight is 577 g/mol. The van der Waals surface area contributed by atoms with Crippen molar-refractivity contribution < 1.29 is 23.5 Å². The Balaban J connectivity index is 1.19. The molecular weight excluding hydrogens is 551 g/mol. The molecule has 0 radical (unpaired) electrons. The third kappa shape index (κ3) is 4.49. The molecule has 0 aromatic heterocycles. The predicted molar refractivity (Wildman–Crippen MR) is 156 cm³/mol. The lowest BCUT2D eigenvalue weighted by atomic mass is 9.95. The van der Waals surface area contributed by atoms with E-state index in [1.54, 1.807) is 7.11 Å². The smallest absolute Gasteiger partial charge is 0.264 e. The van der Waals surface area contributed by atoms with Gasteiger partial charge in [-0.15, -0.1) is 0 Å². The van der Waals surface area contributed by atoms with Crippen molar-refractivity contribution in [2.45, 2.75) is 24.5 Å². The first kappa shape index (κ1) is 26.4. The number of carbonyl (C=O) groups is 3. The van der Waals surface area contributed by atoms with Gasteiger partial charge in [0, 0.05) is 12.0 Å². The summed E-state index contributed by atoms with van der Waals surface area (Å²) in [6.07, 6.45) is 0.463. The largest absolute Gasteiger partial charge is 0.497 e. The average Bonchev–Trinajstić information content (AvgIpc) is 3.72. The Kier molecular flexibility index (Phi) is 6.42. The van der Waals surface area contributed by atoms with E-state index in [9.17, 15) is 18.8 Å². The lowest BCUT2D eigenvalue weighted by molar-refractivity contribution is -0.135. The summed E-state index contributed by atoms with van der Waals surface area (Å²) in [6, 6.07) is 24.0. The van der Waals surface area contributed by atoms with Gasteiger partial charge in [0.2, 0.25) is 0 Å². The molecular formula is C32H25FN6O4. The highest BCUT2D eigenvalue weighted by atomic mass is 19.1. The monoisotopic (exact) mass is 576 g/mol. The standard InChI is InChI=1S/C32H25FN6O4/c1-43-23-14-12-20(13-15-23)27-17-26(25-11-4-7-19-6-2-3-10-24(19)25)35-39(27)28(40)18-37-30-29(34-36-37)31(41)38(32(30)42)22-9-5-8-21(33)16-22/h2-16,27,29-30H,17-18H2,1H3/t27-,29+,30-/m0/s1. The molecule has 3 aliphatic rings. The third-order valence-electron chi connectivity index (χ3n) is 7.99. The highest BCUT2D eigenvalue weighted by Crippen LogP contribution is 2.37. The lowest BCUT2D eigenvalue weighted by Crippen LogP contribution is -2.44. The van der Waals surface area contributed by atoms with Gasteiger partial charge in [-0.25, -0.2) is 14.3 Å². The van der Waals surface area contributed by atoms with Gasteiger partial charge in [-0.2, -0.15) is 10.2 Å². The molecule has 3 heterocycles. The first-order valence-electron chi connectivity index (χ1n) is 13.8. The molecule has 214 valence electrons. The maximum Gasteiger partial charge on any atom is 0.264 e. The molecule has 3 atom stereocenters. The number of imide groups is 1. The van der Waals surface area contributed by atoms with Crippen molar-refractivity contribution in [2.75, 3.05) is 18.6 Å². The summed E-state index contributed by atoms with van der Waals surface area (Å²) in [5, 5.41) is 17.6. The van der Waals surface area contributed by atoms with Crippen molar-refractivity contribution in [1.29, 1.82) is 0 Å². The summed E-state index contributed by atoms with van der Waals surface area (Å²) in [6.45, 7) is -0.334.